The standard InChI is InChI=1S/C17H23N3O2/c1-13(21)18-11-14-7-9-19(12-14)16-8-10-20(17(16)22)15-5-3-2-4-6-15/h2-6,14,16H,7-12H2,1H3,(H,18,21)/t14-,16-/m1/s1. The molecule has 0 radical (unpaired) electrons. The molecule has 2 aliphatic heterocycles. The molecule has 22 heavy (non-hydrogen) atoms. The summed E-state index contributed by atoms with van der Waals surface area (Å²) in [7, 11) is 0. The van der Waals surface area contributed by atoms with E-state index >= 15 is 0 Å². The van der Waals surface area contributed by atoms with Gasteiger partial charge in [0, 0.05) is 32.2 Å². The van der Waals surface area contributed by atoms with Crippen molar-refractivity contribution in [3.8, 4) is 0 Å². The Balaban J connectivity index is 1.58. The minimum atomic E-state index is 0.00235. The molecule has 1 aromatic rings. The molecule has 3 rings (SSSR count). The molecule has 2 fully saturated rings. The lowest BCUT2D eigenvalue weighted by atomic mass is 10.1. The first-order valence-corrected chi connectivity index (χ1v) is 8.00. The molecule has 0 aromatic heterocycles. The van der Waals surface area contributed by atoms with E-state index < -0.39 is 0 Å². The number of para-hydroxylation sites is 1. The maximum absolute atomic E-state index is 12.7. The highest BCUT2D eigenvalue weighted by Gasteiger charge is 2.39. The zero-order valence-electron chi connectivity index (χ0n) is 13.0. The number of hydrogen-bond acceptors (Lipinski definition) is 3. The molecule has 0 spiro atoms. The van der Waals surface area contributed by atoms with Gasteiger partial charge in [0.05, 0.1) is 6.04 Å². The van der Waals surface area contributed by atoms with Crippen LogP contribution in [0.4, 0.5) is 5.69 Å². The summed E-state index contributed by atoms with van der Waals surface area (Å²) in [4.78, 5) is 27.9. The van der Waals surface area contributed by atoms with E-state index in [9.17, 15) is 9.59 Å². The fourth-order valence-electron chi connectivity index (χ4n) is 3.47. The van der Waals surface area contributed by atoms with Crippen molar-refractivity contribution in [2.45, 2.75) is 25.8 Å². The summed E-state index contributed by atoms with van der Waals surface area (Å²) in [5.74, 6) is 0.694. The van der Waals surface area contributed by atoms with Gasteiger partial charge in [-0.05, 0) is 37.4 Å². The summed E-state index contributed by atoms with van der Waals surface area (Å²) >= 11 is 0. The Morgan fingerprint density at radius 3 is 2.73 bits per heavy atom. The second-order valence-corrected chi connectivity index (χ2v) is 6.22. The van der Waals surface area contributed by atoms with Crippen molar-refractivity contribution < 1.29 is 9.59 Å². The SMILES string of the molecule is CC(=O)NC[C@H]1CCN([C@@H]2CCN(c3ccccc3)C2=O)C1. The molecule has 5 nitrogen and oxygen atoms in total. The summed E-state index contributed by atoms with van der Waals surface area (Å²) in [6.45, 7) is 4.91. The Bertz CT molecular complexity index is 546. The third-order valence-corrected chi connectivity index (χ3v) is 4.64. The van der Waals surface area contributed by atoms with E-state index in [1.165, 1.54) is 0 Å². The van der Waals surface area contributed by atoms with Crippen LogP contribution in [0.15, 0.2) is 30.3 Å². The quantitative estimate of drug-likeness (QED) is 0.910. The number of hydrogen-bond donors (Lipinski definition) is 1. The molecule has 0 bridgehead atoms. The fraction of sp³-hybridized carbons (Fsp3) is 0.529. The van der Waals surface area contributed by atoms with Gasteiger partial charge in [-0.3, -0.25) is 14.5 Å². The van der Waals surface area contributed by atoms with Crippen molar-refractivity contribution in [3.05, 3.63) is 30.3 Å². The van der Waals surface area contributed by atoms with Crippen LogP contribution in [0.1, 0.15) is 19.8 Å². The first kappa shape index (κ1) is 15.0. The monoisotopic (exact) mass is 301 g/mol. The molecular formula is C17H23N3O2. The van der Waals surface area contributed by atoms with Gasteiger partial charge in [-0.2, -0.15) is 0 Å². The largest absolute Gasteiger partial charge is 0.356 e. The van der Waals surface area contributed by atoms with Crippen LogP contribution in [0.5, 0.6) is 0 Å². The zero-order valence-corrected chi connectivity index (χ0v) is 13.0. The number of likely N-dealkylation sites (tertiary alicyclic amines) is 1. The van der Waals surface area contributed by atoms with Crippen LogP contribution in [0.3, 0.4) is 0 Å². The molecule has 5 heteroatoms. The number of nitrogens with one attached hydrogen (secondary N) is 1. The van der Waals surface area contributed by atoms with E-state index in [1.54, 1.807) is 6.92 Å². The first-order valence-electron chi connectivity index (χ1n) is 8.00. The third-order valence-electron chi connectivity index (χ3n) is 4.64. The molecule has 0 unspecified atom stereocenters. The van der Waals surface area contributed by atoms with Crippen LogP contribution in [0.25, 0.3) is 0 Å². The number of rotatable bonds is 4. The van der Waals surface area contributed by atoms with Crippen molar-refractivity contribution in [1.82, 2.24) is 10.2 Å². The summed E-state index contributed by atoms with van der Waals surface area (Å²) in [5, 5.41) is 2.88. The van der Waals surface area contributed by atoms with Crippen molar-refractivity contribution in [3.63, 3.8) is 0 Å². The highest BCUT2D eigenvalue weighted by Crippen LogP contribution is 2.27. The normalized spacial score (nSPS) is 25.7. The molecule has 118 valence electrons. The maximum atomic E-state index is 12.7. The lowest BCUT2D eigenvalue weighted by Crippen LogP contribution is -2.41. The maximum Gasteiger partial charge on any atom is 0.244 e. The molecule has 2 heterocycles. The number of carbonyl (C=O) groups is 2. The second-order valence-electron chi connectivity index (χ2n) is 6.22. The van der Waals surface area contributed by atoms with Gasteiger partial charge in [-0.15, -0.1) is 0 Å². The van der Waals surface area contributed by atoms with Crippen LogP contribution in [-0.2, 0) is 9.59 Å². The average Bonchev–Trinajstić information content (AvgIpc) is 3.12. The smallest absolute Gasteiger partial charge is 0.244 e. The Labute approximate surface area is 131 Å². The molecule has 2 aliphatic rings. The van der Waals surface area contributed by atoms with Gasteiger partial charge in [0.2, 0.25) is 11.8 Å². The van der Waals surface area contributed by atoms with E-state index in [1.807, 2.05) is 35.2 Å². The number of benzene rings is 1. The Morgan fingerprint density at radius 1 is 1.23 bits per heavy atom. The lowest BCUT2D eigenvalue weighted by molar-refractivity contribution is -0.121. The molecule has 0 saturated carbocycles. The number of nitrogens with zero attached hydrogens (tertiary/aromatic N) is 2. The number of anilines is 1. The topological polar surface area (TPSA) is 52.7 Å². The Hall–Kier alpha value is -1.88. The molecular weight excluding hydrogens is 278 g/mol. The van der Waals surface area contributed by atoms with Crippen LogP contribution in [0, 0.1) is 5.92 Å². The van der Waals surface area contributed by atoms with Crippen molar-refractivity contribution in [1.29, 1.82) is 0 Å². The first-order chi connectivity index (χ1) is 10.6. The van der Waals surface area contributed by atoms with Gasteiger partial charge >= 0.3 is 0 Å². The van der Waals surface area contributed by atoms with Crippen LogP contribution >= 0.6 is 0 Å². The van der Waals surface area contributed by atoms with Gasteiger partial charge in [-0.25, -0.2) is 0 Å². The van der Waals surface area contributed by atoms with E-state index in [0.29, 0.717) is 5.92 Å². The number of carbonyl (C=O) groups excluding carboxylic acids is 2. The molecule has 2 atom stereocenters. The Kier molecular flexibility index (Phi) is 4.43. The van der Waals surface area contributed by atoms with E-state index in [2.05, 4.69) is 10.2 Å². The van der Waals surface area contributed by atoms with Gasteiger partial charge in [0.15, 0.2) is 0 Å². The van der Waals surface area contributed by atoms with Gasteiger partial charge in [0.1, 0.15) is 0 Å². The van der Waals surface area contributed by atoms with Crippen LogP contribution < -0.4 is 10.2 Å². The van der Waals surface area contributed by atoms with Crippen molar-refractivity contribution in [2.75, 3.05) is 31.1 Å². The number of amides is 2. The predicted octanol–water partition coefficient (Wildman–Crippen LogP) is 1.25. The van der Waals surface area contributed by atoms with E-state index in [0.717, 1.165) is 44.7 Å². The third kappa shape index (κ3) is 3.14. The van der Waals surface area contributed by atoms with Gasteiger partial charge < -0.3 is 10.2 Å². The summed E-state index contributed by atoms with van der Waals surface area (Å²) in [5.41, 5.74) is 0.990. The van der Waals surface area contributed by atoms with E-state index in [-0.39, 0.29) is 17.9 Å². The Morgan fingerprint density at radius 2 is 2.00 bits per heavy atom. The summed E-state index contributed by atoms with van der Waals surface area (Å²) in [6, 6.07) is 9.88. The molecule has 1 N–H and O–H groups in total. The van der Waals surface area contributed by atoms with Crippen LogP contribution in [0.2, 0.25) is 0 Å². The van der Waals surface area contributed by atoms with Crippen molar-refractivity contribution >= 4 is 17.5 Å². The lowest BCUT2D eigenvalue weighted by Gasteiger charge is -2.23. The molecule has 0 aliphatic carbocycles. The minimum absolute atomic E-state index is 0.00235. The second kappa shape index (κ2) is 6.48. The van der Waals surface area contributed by atoms with E-state index in [4.69, 9.17) is 0 Å². The summed E-state index contributed by atoms with van der Waals surface area (Å²) in [6.07, 6.45) is 1.94. The van der Waals surface area contributed by atoms with Crippen LogP contribution in [-0.4, -0.2) is 48.9 Å². The highest BCUT2D eigenvalue weighted by atomic mass is 16.2. The zero-order chi connectivity index (χ0) is 15.5. The highest BCUT2D eigenvalue weighted by molar-refractivity contribution is 5.99. The molecule has 2 amide bonds. The molecule has 2 saturated heterocycles. The van der Waals surface area contributed by atoms with Gasteiger partial charge in [0.25, 0.3) is 0 Å². The fourth-order valence-corrected chi connectivity index (χ4v) is 3.47. The predicted molar refractivity (Wildman–Crippen MR) is 85.6 cm³/mol. The summed E-state index contributed by atoms with van der Waals surface area (Å²) < 4.78 is 0. The average molecular weight is 301 g/mol. The molecule has 1 aromatic carbocycles. The minimum Gasteiger partial charge on any atom is -0.356 e. The van der Waals surface area contributed by atoms with Crippen molar-refractivity contribution in [2.24, 2.45) is 5.92 Å². The van der Waals surface area contributed by atoms with Gasteiger partial charge in [-0.1, -0.05) is 18.2 Å².